The van der Waals surface area contributed by atoms with Crippen molar-refractivity contribution in [2.75, 3.05) is 13.1 Å². The van der Waals surface area contributed by atoms with E-state index in [1.165, 1.54) is 6.07 Å². The minimum absolute atomic E-state index is 0.0211. The van der Waals surface area contributed by atoms with Crippen molar-refractivity contribution in [3.63, 3.8) is 0 Å². The zero-order valence-electron chi connectivity index (χ0n) is 11.4. The van der Waals surface area contributed by atoms with Crippen molar-refractivity contribution in [1.29, 1.82) is 0 Å². The zero-order chi connectivity index (χ0) is 14.6. The topological polar surface area (TPSA) is 40.5 Å². The molecule has 0 aliphatic rings. The Kier molecular flexibility index (Phi) is 5.50. The Morgan fingerprint density at radius 3 is 2.42 bits per heavy atom. The molecule has 1 aromatic carbocycles. The van der Waals surface area contributed by atoms with Crippen LogP contribution in [0.1, 0.15) is 32.8 Å². The predicted octanol–water partition coefficient (Wildman–Crippen LogP) is 3.62. The fourth-order valence-corrected chi connectivity index (χ4v) is 2.82. The van der Waals surface area contributed by atoms with E-state index in [-0.39, 0.29) is 12.2 Å². The monoisotopic (exact) mass is 331 g/mol. The molecule has 19 heavy (non-hydrogen) atoms. The Morgan fingerprint density at radius 2 is 2.00 bits per heavy atom. The van der Waals surface area contributed by atoms with Crippen molar-refractivity contribution >= 4 is 21.9 Å². The molecule has 0 aliphatic heterocycles. The summed E-state index contributed by atoms with van der Waals surface area (Å²) in [6, 6.07) is 4.68. The molecule has 5 heteroatoms. The third-order valence-electron chi connectivity index (χ3n) is 3.50. The van der Waals surface area contributed by atoms with Crippen molar-refractivity contribution in [3.05, 3.63) is 34.1 Å². The van der Waals surface area contributed by atoms with E-state index in [0.717, 1.165) is 18.7 Å². The van der Waals surface area contributed by atoms with Crippen molar-refractivity contribution in [1.82, 2.24) is 4.90 Å². The summed E-state index contributed by atoms with van der Waals surface area (Å²) in [5, 5.41) is 9.16. The van der Waals surface area contributed by atoms with E-state index in [1.54, 1.807) is 12.1 Å². The van der Waals surface area contributed by atoms with Crippen LogP contribution in [-0.4, -0.2) is 29.1 Å². The first kappa shape index (κ1) is 16.1. The lowest BCUT2D eigenvalue weighted by molar-refractivity contribution is -0.140. The van der Waals surface area contributed by atoms with Gasteiger partial charge in [-0.2, -0.15) is 0 Å². The predicted molar refractivity (Wildman–Crippen MR) is 76.6 cm³/mol. The van der Waals surface area contributed by atoms with Gasteiger partial charge in [0.25, 0.3) is 0 Å². The maximum absolute atomic E-state index is 13.3. The maximum Gasteiger partial charge on any atom is 0.305 e. The van der Waals surface area contributed by atoms with Gasteiger partial charge in [0.15, 0.2) is 0 Å². The summed E-state index contributed by atoms with van der Waals surface area (Å²) in [5.41, 5.74) is 0.151. The Hall–Kier alpha value is -0.940. The van der Waals surface area contributed by atoms with Gasteiger partial charge in [-0.15, -0.1) is 0 Å². The number of hydrogen-bond acceptors (Lipinski definition) is 2. The average molecular weight is 332 g/mol. The van der Waals surface area contributed by atoms with Gasteiger partial charge in [-0.3, -0.25) is 9.69 Å². The standard InChI is InChI=1S/C14H19BrFNO2/c1-4-17(5-2)14(3,9-13(18)19)10-6-7-12(16)11(15)8-10/h6-8H,4-5,9H2,1-3H3,(H,18,19). The number of aliphatic carboxylic acids is 1. The molecule has 3 nitrogen and oxygen atoms in total. The third kappa shape index (κ3) is 3.54. The van der Waals surface area contributed by atoms with E-state index in [2.05, 4.69) is 20.8 Å². The molecule has 0 saturated heterocycles. The second-order valence-electron chi connectivity index (χ2n) is 4.65. The fraction of sp³-hybridized carbons (Fsp3) is 0.500. The molecule has 0 bridgehead atoms. The summed E-state index contributed by atoms with van der Waals surface area (Å²) in [4.78, 5) is 13.2. The molecule has 1 N–H and O–H groups in total. The second-order valence-corrected chi connectivity index (χ2v) is 5.50. The molecule has 0 saturated carbocycles. The minimum atomic E-state index is -0.866. The van der Waals surface area contributed by atoms with Gasteiger partial charge < -0.3 is 5.11 Å². The quantitative estimate of drug-likeness (QED) is 0.865. The summed E-state index contributed by atoms with van der Waals surface area (Å²) in [6.07, 6.45) is -0.0211. The first-order valence-electron chi connectivity index (χ1n) is 6.27. The van der Waals surface area contributed by atoms with Crippen molar-refractivity contribution < 1.29 is 14.3 Å². The molecule has 0 aromatic heterocycles. The van der Waals surface area contributed by atoms with E-state index >= 15 is 0 Å². The van der Waals surface area contributed by atoms with Gasteiger partial charge in [-0.05, 0) is 53.6 Å². The number of rotatable bonds is 6. The van der Waals surface area contributed by atoms with Crippen LogP contribution >= 0.6 is 15.9 Å². The van der Waals surface area contributed by atoms with E-state index in [4.69, 9.17) is 5.11 Å². The largest absolute Gasteiger partial charge is 0.481 e. The summed E-state index contributed by atoms with van der Waals surface area (Å²) in [7, 11) is 0. The molecule has 106 valence electrons. The van der Waals surface area contributed by atoms with Crippen LogP contribution < -0.4 is 0 Å². The first-order chi connectivity index (χ1) is 8.85. The fourth-order valence-electron chi connectivity index (χ4n) is 2.44. The molecule has 1 aromatic rings. The lowest BCUT2D eigenvalue weighted by Crippen LogP contribution is -2.45. The Bertz CT molecular complexity index is 463. The Morgan fingerprint density at radius 1 is 1.42 bits per heavy atom. The molecule has 1 unspecified atom stereocenters. The molecule has 0 aliphatic carbocycles. The SMILES string of the molecule is CCN(CC)C(C)(CC(=O)O)c1ccc(F)c(Br)c1. The molecule has 0 amide bonds. The van der Waals surface area contributed by atoms with Crippen LogP contribution in [0.15, 0.2) is 22.7 Å². The van der Waals surface area contributed by atoms with Crippen molar-refractivity contribution in [2.24, 2.45) is 0 Å². The van der Waals surface area contributed by atoms with Crippen molar-refractivity contribution in [2.45, 2.75) is 32.7 Å². The van der Waals surface area contributed by atoms with Crippen LogP contribution in [0, 0.1) is 5.82 Å². The van der Waals surface area contributed by atoms with E-state index in [0.29, 0.717) is 4.47 Å². The molecule has 0 heterocycles. The Balaban J connectivity index is 3.29. The highest BCUT2D eigenvalue weighted by Gasteiger charge is 2.34. The van der Waals surface area contributed by atoms with E-state index in [1.807, 2.05) is 20.8 Å². The lowest BCUT2D eigenvalue weighted by atomic mass is 9.86. The minimum Gasteiger partial charge on any atom is -0.481 e. The average Bonchev–Trinajstić information content (AvgIpc) is 2.33. The van der Waals surface area contributed by atoms with Gasteiger partial charge in [-0.1, -0.05) is 19.9 Å². The van der Waals surface area contributed by atoms with Crippen LogP contribution in [0.4, 0.5) is 4.39 Å². The van der Waals surface area contributed by atoms with Gasteiger partial charge in [0.05, 0.1) is 16.4 Å². The molecule has 1 atom stereocenters. The van der Waals surface area contributed by atoms with Crippen LogP contribution in [0.3, 0.4) is 0 Å². The third-order valence-corrected chi connectivity index (χ3v) is 4.11. The summed E-state index contributed by atoms with van der Waals surface area (Å²) < 4.78 is 13.7. The molecule has 0 fully saturated rings. The number of halogens is 2. The smallest absolute Gasteiger partial charge is 0.305 e. The Labute approximate surface area is 121 Å². The normalized spacial score (nSPS) is 14.4. The van der Waals surface area contributed by atoms with Crippen molar-refractivity contribution in [3.8, 4) is 0 Å². The molecule has 1 rings (SSSR count). The highest BCUT2D eigenvalue weighted by Crippen LogP contribution is 2.34. The van der Waals surface area contributed by atoms with E-state index < -0.39 is 11.5 Å². The number of nitrogens with zero attached hydrogens (tertiary/aromatic N) is 1. The van der Waals surface area contributed by atoms with Gasteiger partial charge in [-0.25, -0.2) is 4.39 Å². The molecular formula is C14H19BrFNO2. The molecular weight excluding hydrogens is 313 g/mol. The molecule has 0 spiro atoms. The summed E-state index contributed by atoms with van der Waals surface area (Å²) >= 11 is 3.16. The molecule has 0 radical (unpaired) electrons. The maximum atomic E-state index is 13.3. The first-order valence-corrected chi connectivity index (χ1v) is 7.06. The van der Waals surface area contributed by atoms with Gasteiger partial charge >= 0.3 is 5.97 Å². The van der Waals surface area contributed by atoms with E-state index in [9.17, 15) is 9.18 Å². The highest BCUT2D eigenvalue weighted by molar-refractivity contribution is 9.10. The summed E-state index contributed by atoms with van der Waals surface area (Å²) in [6.45, 7) is 7.32. The van der Waals surface area contributed by atoms with Crippen LogP contribution in [0.2, 0.25) is 0 Å². The van der Waals surface area contributed by atoms with Crippen LogP contribution in [0.5, 0.6) is 0 Å². The number of hydrogen-bond donors (Lipinski definition) is 1. The van der Waals surface area contributed by atoms with Gasteiger partial charge in [0, 0.05) is 0 Å². The van der Waals surface area contributed by atoms with Crippen LogP contribution in [0.25, 0.3) is 0 Å². The second kappa shape index (κ2) is 6.48. The zero-order valence-corrected chi connectivity index (χ0v) is 13.0. The lowest BCUT2D eigenvalue weighted by Gasteiger charge is -2.40. The van der Waals surface area contributed by atoms with Crippen LogP contribution in [-0.2, 0) is 10.3 Å². The highest BCUT2D eigenvalue weighted by atomic mass is 79.9. The number of carboxylic acids is 1. The number of carbonyl (C=O) groups is 1. The number of benzene rings is 1. The number of carboxylic acid groups (broad SMARTS) is 1. The van der Waals surface area contributed by atoms with Gasteiger partial charge in [0.2, 0.25) is 0 Å². The summed E-state index contributed by atoms with van der Waals surface area (Å²) in [5.74, 6) is -1.21. The van der Waals surface area contributed by atoms with Gasteiger partial charge in [0.1, 0.15) is 5.82 Å².